The fourth-order valence-electron chi connectivity index (χ4n) is 15.1. The number of fused-ring (bicyclic) bond motifs is 6. The van der Waals surface area contributed by atoms with E-state index in [0.717, 1.165) is 204 Å². The Labute approximate surface area is 619 Å². The number of aryl methyl sites for hydroxylation is 7. The molecule has 22 nitrogen and oxygen atoms in total. The molecule has 23 heteroatoms. The first-order chi connectivity index (χ1) is 50.2. The number of hydrogen-bond donors (Lipinski definition) is 4. The Morgan fingerprint density at radius 1 is 0.562 bits per heavy atom. The second-order valence-electron chi connectivity index (χ2n) is 30.0. The first-order valence-corrected chi connectivity index (χ1v) is 36.9. The van der Waals surface area contributed by atoms with Gasteiger partial charge in [0.2, 0.25) is 0 Å². The highest BCUT2D eigenvalue weighted by Gasteiger charge is 2.31. The molecule has 0 saturated carbocycles. The van der Waals surface area contributed by atoms with E-state index in [-0.39, 0.29) is 16.9 Å². The summed E-state index contributed by atoms with van der Waals surface area (Å²) in [6.45, 7) is 36.0. The Bertz CT molecular complexity index is 4870. The van der Waals surface area contributed by atoms with Gasteiger partial charge in [-0.25, -0.2) is 29.5 Å². The summed E-state index contributed by atoms with van der Waals surface area (Å²) in [6.07, 6.45) is 8.94. The van der Waals surface area contributed by atoms with E-state index >= 15 is 0 Å². The number of rotatable bonds is 10. The third-order valence-electron chi connectivity index (χ3n) is 20.5. The number of aromatic amines is 2. The lowest BCUT2D eigenvalue weighted by Gasteiger charge is -2.40. The Kier molecular flexibility index (Phi) is 23.0. The van der Waals surface area contributed by atoms with Crippen LogP contribution in [0.2, 0.25) is 0 Å². The van der Waals surface area contributed by atoms with Gasteiger partial charge in [0.15, 0.2) is 0 Å². The van der Waals surface area contributed by atoms with Crippen LogP contribution in [0.5, 0.6) is 17.2 Å². The largest absolute Gasteiger partial charge is 0.496 e. The molecule has 0 aliphatic carbocycles. The van der Waals surface area contributed by atoms with Gasteiger partial charge in [0, 0.05) is 132 Å². The predicted octanol–water partition coefficient (Wildman–Crippen LogP) is 17.6. The molecule has 0 atom stereocenters. The summed E-state index contributed by atoms with van der Waals surface area (Å²) in [5.74, 6) is 4.76. The van der Waals surface area contributed by atoms with E-state index in [1.807, 2.05) is 102 Å². The van der Waals surface area contributed by atoms with E-state index in [4.69, 9.17) is 65.3 Å². The molecule has 4 saturated heterocycles. The third kappa shape index (κ3) is 17.0. The maximum absolute atomic E-state index is 13.6. The van der Waals surface area contributed by atoms with Crippen molar-refractivity contribution in [2.45, 2.75) is 158 Å². The molecule has 105 heavy (non-hydrogen) atoms. The van der Waals surface area contributed by atoms with Gasteiger partial charge in [0.25, 0.3) is 0 Å². The number of piperidine rings is 1. The van der Waals surface area contributed by atoms with Crippen molar-refractivity contribution in [3.05, 3.63) is 136 Å². The van der Waals surface area contributed by atoms with E-state index < -0.39 is 5.43 Å². The molecule has 554 valence electrons. The summed E-state index contributed by atoms with van der Waals surface area (Å²) in [7, 11) is 3.35. The Hall–Kier alpha value is -9.45. The molecule has 6 aromatic heterocycles. The number of likely N-dealkylation sites (tertiary alicyclic amines) is 1. The number of nitrogens with zero attached hydrogens (tertiary/aromatic N) is 9. The van der Waals surface area contributed by atoms with E-state index in [2.05, 4.69) is 106 Å². The maximum Gasteiger partial charge on any atom is 0.409 e. The number of carbonyl (C=O) groups excluding carboxylic acids is 2. The molecule has 0 unspecified atom stereocenters. The standard InChI is InChI=1S/C37H45N7O4.C27H29N5O2.C10H19NO.C8H7ClO2/c1-21-32(22(2)48-42-21)27-19-30-26(20-31(27)46-7)33-34(38-23(3)39-35(33)40-30)24-8-9-29(28(18-24)37(4,5)6)41-36(45)44-14-12-43(13-15-44)25-10-16-47-17-11-25;1-13-23(14(2)34-32-13)18-11-21-17(12-22(18)33-7)24-25(29-15(3)30-26(24)31-21)16-8-9-20(28)19(10-16)27(4,5)6;1-2-6-11(7-3-1)10-4-8-12-9-5-10;1-6-2-4-7(5-3-6)11-8(9)10/h8-9,18-20,25H,10-17H2,1-7H3,(H,41,45)(H,38,39,40);8-12H,28H2,1-7H3,(H,29,30,31);10H,1-9H2;2-5H,1H3. The second-order valence-corrected chi connectivity index (χ2v) is 30.3. The molecule has 0 bridgehead atoms. The van der Waals surface area contributed by atoms with Gasteiger partial charge < -0.3 is 63.5 Å². The predicted molar refractivity (Wildman–Crippen MR) is 416 cm³/mol. The van der Waals surface area contributed by atoms with Gasteiger partial charge in [0.05, 0.1) is 58.9 Å². The average Bonchev–Trinajstić information content (AvgIpc) is 1.62. The van der Waals surface area contributed by atoms with Gasteiger partial charge in [0.1, 0.15) is 51.7 Å². The zero-order chi connectivity index (χ0) is 74.6. The number of nitrogen functional groups attached to an aromatic ring is 1. The van der Waals surface area contributed by atoms with Crippen LogP contribution in [0.15, 0.2) is 94.0 Å². The number of methoxy groups -OCH3 is 2. The van der Waals surface area contributed by atoms with Crippen LogP contribution in [0.25, 0.3) is 88.6 Å². The van der Waals surface area contributed by atoms with Crippen molar-refractivity contribution < 1.29 is 42.3 Å². The number of hydrogen-bond acceptors (Lipinski definition) is 18. The normalized spacial score (nSPS) is 15.8. The number of carbonyl (C=O) groups is 2. The third-order valence-corrected chi connectivity index (χ3v) is 20.6. The number of urea groups is 1. The van der Waals surface area contributed by atoms with Crippen molar-refractivity contribution in [3.8, 4) is 62.0 Å². The number of benzene rings is 5. The summed E-state index contributed by atoms with van der Waals surface area (Å²) >= 11 is 4.99. The first kappa shape index (κ1) is 75.2. The van der Waals surface area contributed by atoms with Gasteiger partial charge in [-0.05, 0) is 183 Å². The summed E-state index contributed by atoms with van der Waals surface area (Å²) in [4.78, 5) is 57.3. The number of nitrogens with one attached hydrogen (secondary N) is 3. The highest BCUT2D eigenvalue weighted by molar-refractivity contribution is 6.61. The van der Waals surface area contributed by atoms with Crippen LogP contribution in [0.3, 0.4) is 0 Å². The van der Waals surface area contributed by atoms with Crippen LogP contribution in [-0.2, 0) is 20.3 Å². The number of anilines is 2. The van der Waals surface area contributed by atoms with Crippen molar-refractivity contribution in [2.75, 3.05) is 91.0 Å². The summed E-state index contributed by atoms with van der Waals surface area (Å²) < 4.78 is 38.1. The number of ether oxygens (including phenoxy) is 5. The summed E-state index contributed by atoms with van der Waals surface area (Å²) in [5, 5.41) is 15.4. The first-order valence-electron chi connectivity index (χ1n) is 36.6. The molecule has 4 fully saturated rings. The Morgan fingerprint density at radius 2 is 1.02 bits per heavy atom. The maximum atomic E-state index is 13.6. The van der Waals surface area contributed by atoms with Gasteiger partial charge >= 0.3 is 11.5 Å². The number of halogens is 1. The van der Waals surface area contributed by atoms with Crippen molar-refractivity contribution in [1.82, 2.24) is 54.9 Å². The van der Waals surface area contributed by atoms with Crippen LogP contribution < -0.4 is 25.3 Å². The van der Waals surface area contributed by atoms with Crippen LogP contribution in [0.4, 0.5) is 21.0 Å². The zero-order valence-corrected chi connectivity index (χ0v) is 64.2. The van der Waals surface area contributed by atoms with E-state index in [9.17, 15) is 9.59 Å². The lowest BCUT2D eigenvalue weighted by Crippen LogP contribution is -2.53. The van der Waals surface area contributed by atoms with Crippen molar-refractivity contribution >= 4 is 78.3 Å². The van der Waals surface area contributed by atoms with Gasteiger partial charge in [-0.15, -0.1) is 0 Å². The Morgan fingerprint density at radius 3 is 1.46 bits per heavy atom. The van der Waals surface area contributed by atoms with E-state index in [1.165, 1.54) is 45.2 Å². The Balaban J connectivity index is 0.000000155. The summed E-state index contributed by atoms with van der Waals surface area (Å²) in [5.41, 5.74) is 22.4. The molecule has 5 N–H and O–H groups in total. The number of nitrogens with two attached hydrogens (primary N) is 1. The molecule has 4 aliphatic heterocycles. The average molecular weight is 1450 g/mol. The fourth-order valence-corrected chi connectivity index (χ4v) is 15.2. The van der Waals surface area contributed by atoms with Crippen LogP contribution in [0.1, 0.15) is 138 Å². The van der Waals surface area contributed by atoms with Crippen molar-refractivity contribution in [3.63, 3.8) is 0 Å². The zero-order valence-electron chi connectivity index (χ0n) is 63.4. The number of H-pyrrole nitrogens is 2. The van der Waals surface area contributed by atoms with Gasteiger partial charge in [-0.1, -0.05) is 88.1 Å². The molecule has 5 aromatic carbocycles. The number of aromatic nitrogens is 8. The smallest absolute Gasteiger partial charge is 0.409 e. The van der Waals surface area contributed by atoms with Crippen LogP contribution in [-0.4, -0.2) is 158 Å². The molecule has 4 aliphatic rings. The molecule has 2 amide bonds. The minimum atomic E-state index is -0.811. The molecule has 10 heterocycles. The molecule has 0 spiro atoms. The lowest BCUT2D eigenvalue weighted by molar-refractivity contribution is 0.0194. The quantitative estimate of drug-likeness (QED) is 0.0732. The highest BCUT2D eigenvalue weighted by atomic mass is 35.5. The van der Waals surface area contributed by atoms with Gasteiger partial charge in [-0.3, -0.25) is 4.90 Å². The van der Waals surface area contributed by atoms with Crippen molar-refractivity contribution in [1.29, 1.82) is 0 Å². The van der Waals surface area contributed by atoms with Crippen molar-refractivity contribution in [2.24, 2.45) is 0 Å². The topological polar surface area (TPSA) is 263 Å². The molecule has 0 radical (unpaired) electrons. The van der Waals surface area contributed by atoms with Crippen LogP contribution in [0, 0.1) is 48.5 Å². The van der Waals surface area contributed by atoms with E-state index in [0.29, 0.717) is 42.3 Å². The van der Waals surface area contributed by atoms with Crippen LogP contribution >= 0.6 is 11.6 Å². The number of piperazine rings is 1. The minimum absolute atomic E-state index is 0.0574. The fraction of sp³-hybridized carbons (Fsp3) is 0.439. The minimum Gasteiger partial charge on any atom is -0.496 e. The lowest BCUT2D eigenvalue weighted by atomic mass is 9.84. The molecule has 11 aromatic rings. The summed E-state index contributed by atoms with van der Waals surface area (Å²) in [6, 6.07) is 29.0. The monoisotopic (exact) mass is 1450 g/mol. The van der Waals surface area contributed by atoms with Gasteiger partial charge in [-0.2, -0.15) is 0 Å². The molecular weight excluding hydrogens is 1350 g/mol. The second kappa shape index (κ2) is 32.1. The van der Waals surface area contributed by atoms with E-state index in [1.54, 1.807) is 26.4 Å². The number of amides is 2. The highest BCUT2D eigenvalue weighted by Crippen LogP contribution is 2.45. The molecule has 15 rings (SSSR count). The SMILES string of the molecule is C1CCN(C2CCOCC2)CC1.COc1cc2c(cc1-c1c(C)noc1C)[nH]c1nc(C)nc(-c3ccc(N)c(C(C)(C)C)c3)c12.COc1cc2c(cc1-c1c(C)noc1C)[nH]c1nc(C)nc(-c3ccc(NC(=O)N4CCN(C5CCOCC5)CC4)c(C(C)(C)C)c3)c12.Cc1ccc(OC(=O)Cl)cc1. The molecular formula is C82H100ClN13O9.